The van der Waals surface area contributed by atoms with E-state index in [9.17, 15) is 4.79 Å². The molecule has 2 unspecified atom stereocenters. The summed E-state index contributed by atoms with van der Waals surface area (Å²) in [5.74, 6) is 8.28. The number of thioether (sulfide) groups is 1. The first-order chi connectivity index (χ1) is 21.9. The van der Waals surface area contributed by atoms with Crippen molar-refractivity contribution in [2.45, 2.75) is 107 Å². The number of hydrogen-bond donors (Lipinski definition) is 3. The van der Waals surface area contributed by atoms with E-state index in [4.69, 9.17) is 21.7 Å². The Morgan fingerprint density at radius 1 is 1.04 bits per heavy atom. The number of hydrogen-bond acceptors (Lipinski definition) is 8. The molecule has 45 heavy (non-hydrogen) atoms. The summed E-state index contributed by atoms with van der Waals surface area (Å²) in [5.41, 5.74) is 8.27. The third kappa shape index (κ3) is 9.45. The molecule has 2 aromatic rings. The quantitative estimate of drug-likeness (QED) is 0.0651. The number of benzene rings is 2. The number of guanidine groups is 1. The number of carbonyl (C=O) groups is 1. The molecule has 6 rings (SSSR count). The minimum absolute atomic E-state index is 0.0108. The first-order valence-electron chi connectivity index (χ1n) is 16.5. The van der Waals surface area contributed by atoms with E-state index in [1.54, 1.807) is 0 Å². The third-order valence-corrected chi connectivity index (χ3v) is 10.5. The number of aliphatic imine (C=N–C) groups is 1. The summed E-state index contributed by atoms with van der Waals surface area (Å²) in [5, 5.41) is 15.3. The van der Waals surface area contributed by atoms with E-state index in [1.165, 1.54) is 38.5 Å². The standard InChI is InChI=1S/C27H34N8O2S.C7H14/c28-24(32-33-30)17-34(19-7-3-1-4-8-19)25(36)14-13-23-26(38-23)35-16-18-15-21(11-12-22(18)31-27(35)29)37-20-9-5-2-6-10-20;1-7-5-3-2-4-6-7/h2,5-6,9-12,15,19,23,26H,1,3-4,7-8,13-14,16-17H2,(H2,29,31)(H3,28,30,32);7H,2-6H2,1H3. The molecule has 5 N–H and O–H groups in total. The van der Waals surface area contributed by atoms with Crippen molar-refractivity contribution < 1.29 is 9.53 Å². The molecular formula is C34H48N8O2S. The van der Waals surface area contributed by atoms with Gasteiger partial charge < -0.3 is 26.1 Å². The van der Waals surface area contributed by atoms with Crippen LogP contribution in [-0.4, -0.2) is 50.7 Å². The van der Waals surface area contributed by atoms with Crippen molar-refractivity contribution in [3.8, 4) is 11.5 Å². The SMILES string of the molecule is CC1CCCCC1.N=C(CN(C(=O)CCC1SC1N1Cc2cc(Oc3ccccc3)ccc2N=C1N)C1CCCCC1)N=NN. The van der Waals surface area contributed by atoms with Crippen molar-refractivity contribution in [3.63, 3.8) is 0 Å². The molecule has 2 saturated carbocycles. The van der Waals surface area contributed by atoms with Crippen molar-refractivity contribution in [1.82, 2.24) is 9.80 Å². The summed E-state index contributed by atoms with van der Waals surface area (Å²) in [4.78, 5) is 21.8. The average Bonchev–Trinajstić information content (AvgIpc) is 3.83. The van der Waals surface area contributed by atoms with Gasteiger partial charge in [-0.1, -0.05) is 81.7 Å². The topological polar surface area (TPSA) is 146 Å². The molecule has 1 amide bonds. The number of amidine groups is 1. The van der Waals surface area contributed by atoms with Crippen LogP contribution >= 0.6 is 11.8 Å². The fourth-order valence-corrected chi connectivity index (χ4v) is 7.70. The van der Waals surface area contributed by atoms with E-state index in [0.717, 1.165) is 60.8 Å². The van der Waals surface area contributed by atoms with Crippen LogP contribution in [0, 0.1) is 11.3 Å². The largest absolute Gasteiger partial charge is 0.457 e. The molecule has 242 valence electrons. The summed E-state index contributed by atoms with van der Waals surface area (Å²) in [7, 11) is 0. The van der Waals surface area contributed by atoms with Crippen molar-refractivity contribution in [3.05, 3.63) is 54.1 Å². The molecule has 0 spiro atoms. The first-order valence-corrected chi connectivity index (χ1v) is 17.5. The van der Waals surface area contributed by atoms with Crippen molar-refractivity contribution >= 4 is 35.2 Å². The van der Waals surface area contributed by atoms with E-state index in [1.807, 2.05) is 65.2 Å². The van der Waals surface area contributed by atoms with Gasteiger partial charge in [0.05, 0.1) is 17.6 Å². The lowest BCUT2D eigenvalue weighted by atomic mass is 9.91. The molecule has 0 bridgehead atoms. The monoisotopic (exact) mass is 632 g/mol. The number of para-hydroxylation sites is 1. The lowest BCUT2D eigenvalue weighted by Gasteiger charge is -2.34. The van der Waals surface area contributed by atoms with Gasteiger partial charge in [-0.15, -0.1) is 16.9 Å². The number of rotatable bonds is 9. The van der Waals surface area contributed by atoms with Crippen LogP contribution in [0.25, 0.3) is 0 Å². The zero-order valence-electron chi connectivity index (χ0n) is 26.4. The van der Waals surface area contributed by atoms with Gasteiger partial charge in [0, 0.05) is 29.8 Å². The molecule has 2 aliphatic carbocycles. The Morgan fingerprint density at radius 2 is 1.76 bits per heavy atom. The molecule has 4 aliphatic rings. The number of nitrogens with one attached hydrogen (secondary N) is 1. The Kier molecular flexibility index (Phi) is 11.7. The van der Waals surface area contributed by atoms with Gasteiger partial charge in [0.25, 0.3) is 0 Å². The fraction of sp³-hybridized carbons (Fsp3) is 0.559. The summed E-state index contributed by atoms with van der Waals surface area (Å²) in [6.07, 6.45) is 14.0. The molecule has 1 saturated heterocycles. The van der Waals surface area contributed by atoms with Crippen LogP contribution in [0.3, 0.4) is 0 Å². The Bertz CT molecular complexity index is 1340. The second-order valence-corrected chi connectivity index (χ2v) is 14.0. The normalized spacial score (nSPS) is 21.7. The van der Waals surface area contributed by atoms with Gasteiger partial charge in [0.15, 0.2) is 11.8 Å². The molecule has 3 fully saturated rings. The van der Waals surface area contributed by atoms with Crippen LogP contribution in [0.15, 0.2) is 63.9 Å². The van der Waals surface area contributed by atoms with E-state index in [-0.39, 0.29) is 29.7 Å². The Morgan fingerprint density at radius 3 is 2.42 bits per heavy atom. The van der Waals surface area contributed by atoms with E-state index in [0.29, 0.717) is 24.2 Å². The maximum absolute atomic E-state index is 13.3. The predicted molar refractivity (Wildman–Crippen MR) is 182 cm³/mol. The summed E-state index contributed by atoms with van der Waals surface area (Å²) >= 11 is 1.81. The maximum atomic E-state index is 13.3. The number of nitrogens with zero attached hydrogens (tertiary/aromatic N) is 5. The molecule has 2 aromatic carbocycles. The molecule has 0 aromatic heterocycles. The minimum atomic E-state index is 0.0108. The predicted octanol–water partition coefficient (Wildman–Crippen LogP) is 7.51. The second-order valence-electron chi connectivity index (χ2n) is 12.6. The Hall–Kier alpha value is -3.60. The van der Waals surface area contributed by atoms with E-state index >= 15 is 0 Å². The van der Waals surface area contributed by atoms with Crippen molar-refractivity contribution in [1.29, 1.82) is 5.41 Å². The molecule has 2 heterocycles. The van der Waals surface area contributed by atoms with Crippen LogP contribution in [0.4, 0.5) is 5.69 Å². The highest BCUT2D eigenvalue weighted by molar-refractivity contribution is 8.07. The fourth-order valence-electron chi connectivity index (χ4n) is 6.57. The molecular weight excluding hydrogens is 584 g/mol. The highest BCUT2D eigenvalue weighted by Crippen LogP contribution is 2.48. The zero-order valence-corrected chi connectivity index (χ0v) is 27.3. The van der Waals surface area contributed by atoms with Crippen LogP contribution in [0.2, 0.25) is 0 Å². The van der Waals surface area contributed by atoms with Crippen LogP contribution in [0.5, 0.6) is 11.5 Å². The van der Waals surface area contributed by atoms with E-state index < -0.39 is 0 Å². The maximum Gasteiger partial charge on any atom is 0.223 e. The second kappa shape index (κ2) is 16.1. The first kappa shape index (κ1) is 32.8. The molecule has 2 atom stereocenters. The molecule has 0 radical (unpaired) electrons. The van der Waals surface area contributed by atoms with Gasteiger partial charge >= 0.3 is 0 Å². The van der Waals surface area contributed by atoms with Crippen LogP contribution < -0.4 is 16.3 Å². The summed E-state index contributed by atoms with van der Waals surface area (Å²) in [6, 6.07) is 15.7. The van der Waals surface area contributed by atoms with Crippen LogP contribution in [-0.2, 0) is 11.3 Å². The molecule has 2 aliphatic heterocycles. The van der Waals surface area contributed by atoms with Gasteiger partial charge in [-0.2, -0.15) is 0 Å². The van der Waals surface area contributed by atoms with Crippen molar-refractivity contribution in [2.75, 3.05) is 6.54 Å². The highest BCUT2D eigenvalue weighted by atomic mass is 32.2. The Balaban J connectivity index is 0.000000505. The van der Waals surface area contributed by atoms with E-state index in [2.05, 4.69) is 27.2 Å². The minimum Gasteiger partial charge on any atom is -0.457 e. The zero-order chi connectivity index (χ0) is 31.6. The lowest BCUT2D eigenvalue weighted by Crippen LogP contribution is -2.44. The third-order valence-electron chi connectivity index (χ3n) is 9.13. The summed E-state index contributed by atoms with van der Waals surface area (Å²) < 4.78 is 6.00. The highest BCUT2D eigenvalue weighted by Gasteiger charge is 2.45. The number of fused-ring (bicyclic) bond motifs is 1. The number of amides is 1. The summed E-state index contributed by atoms with van der Waals surface area (Å²) in [6.45, 7) is 3.16. The molecule has 10 nitrogen and oxygen atoms in total. The Labute approximate surface area is 271 Å². The lowest BCUT2D eigenvalue weighted by molar-refractivity contribution is -0.133. The number of nitrogens with two attached hydrogens (primary N) is 2. The smallest absolute Gasteiger partial charge is 0.223 e. The van der Waals surface area contributed by atoms with Gasteiger partial charge in [0.1, 0.15) is 11.5 Å². The van der Waals surface area contributed by atoms with Gasteiger partial charge in [-0.25, -0.2) is 4.99 Å². The van der Waals surface area contributed by atoms with Crippen molar-refractivity contribution in [2.24, 2.45) is 32.8 Å². The number of ether oxygens (including phenoxy) is 1. The number of carbonyl (C=O) groups excluding carboxylic acids is 1. The van der Waals surface area contributed by atoms with Crippen LogP contribution in [0.1, 0.15) is 89.5 Å². The van der Waals surface area contributed by atoms with Gasteiger partial charge in [-0.05, 0) is 55.5 Å². The van der Waals surface area contributed by atoms with Gasteiger partial charge in [-0.3, -0.25) is 10.2 Å². The average molecular weight is 633 g/mol. The molecule has 11 heteroatoms. The van der Waals surface area contributed by atoms with Gasteiger partial charge in [0.2, 0.25) is 5.91 Å².